The third kappa shape index (κ3) is 3.16. The molecule has 2 rings (SSSR count). The Morgan fingerprint density at radius 1 is 1.29 bits per heavy atom. The van der Waals surface area contributed by atoms with Crippen molar-refractivity contribution in [1.82, 2.24) is 10.4 Å². The third-order valence-corrected chi connectivity index (χ3v) is 5.28. The smallest absolute Gasteiger partial charge is 0.171 e. The molecule has 0 spiro atoms. The lowest BCUT2D eigenvalue weighted by atomic mass is 10.00. The van der Waals surface area contributed by atoms with Gasteiger partial charge in [-0.3, -0.25) is 10.4 Å². The highest BCUT2D eigenvalue weighted by molar-refractivity contribution is 8.14. The van der Waals surface area contributed by atoms with Crippen molar-refractivity contribution in [3.8, 4) is 0 Å². The van der Waals surface area contributed by atoms with E-state index in [1.807, 2.05) is 11.8 Å². The maximum atomic E-state index is 4.63. The molecule has 2 aliphatic heterocycles. The number of amidine groups is 1. The van der Waals surface area contributed by atoms with Gasteiger partial charge in [-0.15, -0.1) is 0 Å². The molecule has 0 bridgehead atoms. The predicted octanol–water partition coefficient (Wildman–Crippen LogP) is 2.88. The molecular formula is C13H25N3S. The minimum atomic E-state index is 0.625. The van der Waals surface area contributed by atoms with Crippen molar-refractivity contribution < 1.29 is 0 Å². The van der Waals surface area contributed by atoms with E-state index in [1.165, 1.54) is 19.3 Å². The van der Waals surface area contributed by atoms with Crippen LogP contribution in [0.15, 0.2) is 4.99 Å². The molecule has 0 radical (unpaired) electrons. The summed E-state index contributed by atoms with van der Waals surface area (Å²) >= 11 is 1.91. The number of hydrogen-bond donors (Lipinski definition) is 1. The van der Waals surface area contributed by atoms with Crippen molar-refractivity contribution in [1.29, 1.82) is 0 Å². The van der Waals surface area contributed by atoms with Gasteiger partial charge in [0.15, 0.2) is 5.17 Å². The summed E-state index contributed by atoms with van der Waals surface area (Å²) in [6.07, 6.45) is 3.94. The molecule has 3 unspecified atom stereocenters. The maximum Gasteiger partial charge on any atom is 0.171 e. The topological polar surface area (TPSA) is 27.6 Å². The van der Waals surface area contributed by atoms with Crippen molar-refractivity contribution in [2.24, 2.45) is 10.9 Å². The first kappa shape index (κ1) is 13.2. The minimum absolute atomic E-state index is 0.625. The van der Waals surface area contributed by atoms with Gasteiger partial charge in [0, 0.05) is 17.3 Å². The third-order valence-electron chi connectivity index (χ3n) is 3.84. The van der Waals surface area contributed by atoms with Crippen LogP contribution in [0.4, 0.5) is 0 Å². The van der Waals surface area contributed by atoms with Crippen LogP contribution in [0.2, 0.25) is 0 Å². The molecule has 98 valence electrons. The molecule has 1 saturated heterocycles. The van der Waals surface area contributed by atoms with Crippen molar-refractivity contribution in [2.45, 2.75) is 64.3 Å². The normalized spacial score (nSPS) is 35.1. The highest BCUT2D eigenvalue weighted by Gasteiger charge is 2.28. The van der Waals surface area contributed by atoms with Gasteiger partial charge in [0.1, 0.15) is 0 Å². The van der Waals surface area contributed by atoms with Crippen LogP contribution in [0.25, 0.3) is 0 Å². The Morgan fingerprint density at radius 3 is 2.47 bits per heavy atom. The van der Waals surface area contributed by atoms with E-state index in [4.69, 9.17) is 0 Å². The summed E-state index contributed by atoms with van der Waals surface area (Å²) in [6, 6.07) is 1.25. The summed E-state index contributed by atoms with van der Waals surface area (Å²) in [5, 5.41) is 4.19. The second kappa shape index (κ2) is 5.61. The van der Waals surface area contributed by atoms with Gasteiger partial charge < -0.3 is 0 Å². The van der Waals surface area contributed by atoms with E-state index in [2.05, 4.69) is 43.1 Å². The fraction of sp³-hybridized carbons (Fsp3) is 0.923. The zero-order chi connectivity index (χ0) is 12.4. The van der Waals surface area contributed by atoms with E-state index in [0.29, 0.717) is 23.3 Å². The summed E-state index contributed by atoms with van der Waals surface area (Å²) in [6.45, 7) is 10.2. The van der Waals surface area contributed by atoms with Crippen LogP contribution in [0.5, 0.6) is 0 Å². The second-order valence-corrected chi connectivity index (χ2v) is 6.92. The molecular weight excluding hydrogens is 230 g/mol. The van der Waals surface area contributed by atoms with E-state index in [-0.39, 0.29) is 0 Å². The summed E-state index contributed by atoms with van der Waals surface area (Å²) in [4.78, 5) is 4.63. The van der Waals surface area contributed by atoms with Crippen molar-refractivity contribution >= 4 is 16.9 Å². The second-order valence-electron chi connectivity index (χ2n) is 5.69. The average Bonchev–Trinajstić information content (AvgIpc) is 2.72. The molecule has 4 heteroatoms. The monoisotopic (exact) mass is 255 g/mol. The summed E-state index contributed by atoms with van der Waals surface area (Å²) in [5.41, 5.74) is 3.55. The van der Waals surface area contributed by atoms with Crippen molar-refractivity contribution in [2.75, 3.05) is 6.54 Å². The van der Waals surface area contributed by atoms with Gasteiger partial charge >= 0.3 is 0 Å². The molecule has 0 aromatic rings. The minimum Gasteiger partial charge on any atom is -0.297 e. The average molecular weight is 255 g/mol. The Hall–Kier alpha value is -0.220. The highest BCUT2D eigenvalue weighted by Crippen LogP contribution is 2.27. The van der Waals surface area contributed by atoms with Crippen LogP contribution in [0.3, 0.4) is 0 Å². The van der Waals surface area contributed by atoms with E-state index in [1.54, 1.807) is 0 Å². The predicted molar refractivity (Wildman–Crippen MR) is 76.3 cm³/mol. The number of piperidine rings is 1. The number of aliphatic imine (C=N–C) groups is 1. The number of nitrogens with zero attached hydrogens (tertiary/aromatic N) is 2. The fourth-order valence-electron chi connectivity index (χ4n) is 2.55. The van der Waals surface area contributed by atoms with Gasteiger partial charge in [-0.1, -0.05) is 32.0 Å². The first-order valence-corrected chi connectivity index (χ1v) is 7.72. The Labute approximate surface area is 109 Å². The maximum absolute atomic E-state index is 4.63. The molecule has 0 amide bonds. The van der Waals surface area contributed by atoms with Gasteiger partial charge in [0.25, 0.3) is 0 Å². The zero-order valence-corrected chi connectivity index (χ0v) is 12.3. The summed E-state index contributed by atoms with van der Waals surface area (Å²) < 4.78 is 0. The molecule has 2 heterocycles. The lowest BCUT2D eigenvalue weighted by Crippen LogP contribution is -2.53. The summed E-state index contributed by atoms with van der Waals surface area (Å²) in [7, 11) is 0. The Kier molecular flexibility index (Phi) is 4.36. The molecule has 0 aliphatic carbocycles. The lowest BCUT2D eigenvalue weighted by Gasteiger charge is -2.39. The molecule has 1 fully saturated rings. The van der Waals surface area contributed by atoms with E-state index in [0.717, 1.165) is 11.7 Å². The van der Waals surface area contributed by atoms with E-state index in [9.17, 15) is 0 Å². The van der Waals surface area contributed by atoms with Crippen LogP contribution in [-0.4, -0.2) is 34.1 Å². The van der Waals surface area contributed by atoms with Gasteiger partial charge in [0.05, 0.1) is 6.54 Å². The molecule has 0 aromatic heterocycles. The first-order chi connectivity index (χ1) is 8.08. The van der Waals surface area contributed by atoms with E-state index < -0.39 is 0 Å². The quantitative estimate of drug-likeness (QED) is 0.822. The van der Waals surface area contributed by atoms with Crippen LogP contribution in [0, 0.1) is 5.92 Å². The van der Waals surface area contributed by atoms with Crippen molar-refractivity contribution in [3.63, 3.8) is 0 Å². The molecule has 17 heavy (non-hydrogen) atoms. The van der Waals surface area contributed by atoms with Gasteiger partial charge in [0.2, 0.25) is 0 Å². The molecule has 3 nitrogen and oxygen atoms in total. The number of nitrogens with one attached hydrogen (secondary N) is 1. The SMILES string of the molecule is CC(C)C1CN=C(NN2C(C)CCCC2C)S1. The number of hydrogen-bond acceptors (Lipinski definition) is 4. The Balaban J connectivity index is 1.88. The molecule has 0 saturated carbocycles. The molecule has 1 N–H and O–H groups in total. The van der Waals surface area contributed by atoms with Crippen LogP contribution in [-0.2, 0) is 0 Å². The lowest BCUT2D eigenvalue weighted by molar-refractivity contribution is 0.0753. The van der Waals surface area contributed by atoms with Gasteiger partial charge in [-0.2, -0.15) is 0 Å². The van der Waals surface area contributed by atoms with Crippen molar-refractivity contribution in [3.05, 3.63) is 0 Å². The molecule has 3 atom stereocenters. The van der Waals surface area contributed by atoms with Crippen LogP contribution >= 0.6 is 11.8 Å². The van der Waals surface area contributed by atoms with Crippen LogP contribution < -0.4 is 5.43 Å². The Bertz CT molecular complexity index is 280. The number of hydrazine groups is 1. The highest BCUT2D eigenvalue weighted by atomic mass is 32.2. The van der Waals surface area contributed by atoms with Gasteiger partial charge in [-0.05, 0) is 32.6 Å². The zero-order valence-electron chi connectivity index (χ0n) is 11.4. The van der Waals surface area contributed by atoms with Crippen LogP contribution in [0.1, 0.15) is 47.0 Å². The molecule has 2 aliphatic rings. The number of thioether (sulfide) groups is 1. The summed E-state index contributed by atoms with van der Waals surface area (Å²) in [5.74, 6) is 0.708. The molecule has 0 aromatic carbocycles. The van der Waals surface area contributed by atoms with E-state index >= 15 is 0 Å². The largest absolute Gasteiger partial charge is 0.297 e. The number of rotatable bonds is 2. The van der Waals surface area contributed by atoms with Gasteiger partial charge in [-0.25, -0.2) is 5.01 Å². The fourth-order valence-corrected chi connectivity index (χ4v) is 3.57. The Morgan fingerprint density at radius 2 is 1.94 bits per heavy atom. The first-order valence-electron chi connectivity index (χ1n) is 6.84. The standard InChI is InChI=1S/C13H25N3S/c1-9(2)12-8-14-13(17-12)15-16-10(3)6-5-7-11(16)4/h9-12H,5-8H2,1-4H3,(H,14,15).